The Labute approximate surface area is 82.5 Å². The maximum absolute atomic E-state index is 11.8. The van der Waals surface area contributed by atoms with Gasteiger partial charge in [-0.1, -0.05) is 18.6 Å². The van der Waals surface area contributed by atoms with Crippen LogP contribution in [0.5, 0.6) is 0 Å². The number of Topliss-reactive ketones (excluding diaryl/α,β-unsaturated/α-hetero) is 1. The van der Waals surface area contributed by atoms with E-state index in [0.717, 1.165) is 16.2 Å². The van der Waals surface area contributed by atoms with Crippen LogP contribution < -0.4 is 0 Å². The van der Waals surface area contributed by atoms with Crippen LogP contribution in [0.1, 0.15) is 22.8 Å². The number of carbonyl (C=O) groups is 1. The molecular formula is C11H12OS. The van der Waals surface area contributed by atoms with Crippen LogP contribution in [0.3, 0.4) is 0 Å². The molecule has 0 radical (unpaired) electrons. The zero-order chi connectivity index (χ0) is 9.42. The first-order valence-electron chi connectivity index (χ1n) is 4.46. The van der Waals surface area contributed by atoms with E-state index in [0.29, 0.717) is 5.78 Å². The second-order valence-corrected chi connectivity index (χ2v) is 4.64. The lowest BCUT2D eigenvalue weighted by molar-refractivity contribution is 0.0936. The third-order valence-corrected chi connectivity index (χ3v) is 3.67. The summed E-state index contributed by atoms with van der Waals surface area (Å²) in [4.78, 5) is 12.9. The predicted octanol–water partition coefficient (Wildman–Crippen LogP) is 2.92. The molecule has 1 aliphatic heterocycles. The Morgan fingerprint density at radius 1 is 1.46 bits per heavy atom. The number of carbonyl (C=O) groups excluding carboxylic acids is 1. The SMILES string of the molecule is Cc1ccc2c(c1)C(=O)[C@H](C)CS2. The summed E-state index contributed by atoms with van der Waals surface area (Å²) in [5.74, 6) is 1.41. The molecule has 1 atom stereocenters. The van der Waals surface area contributed by atoms with Gasteiger partial charge in [-0.15, -0.1) is 11.8 Å². The number of benzene rings is 1. The molecule has 0 saturated heterocycles. The maximum atomic E-state index is 11.8. The van der Waals surface area contributed by atoms with Gasteiger partial charge in [0, 0.05) is 22.1 Å². The van der Waals surface area contributed by atoms with E-state index in [-0.39, 0.29) is 5.92 Å². The highest BCUT2D eigenvalue weighted by atomic mass is 32.2. The average molecular weight is 192 g/mol. The van der Waals surface area contributed by atoms with Gasteiger partial charge >= 0.3 is 0 Å². The molecule has 68 valence electrons. The third-order valence-electron chi connectivity index (χ3n) is 2.34. The summed E-state index contributed by atoms with van der Waals surface area (Å²) in [5, 5.41) is 0. The molecule has 1 nitrogen and oxygen atoms in total. The standard InChI is InChI=1S/C11H12OS/c1-7-3-4-10-9(5-7)11(12)8(2)6-13-10/h3-5,8H,6H2,1-2H3/t8-/m1/s1. The normalized spacial score (nSPS) is 21.4. The van der Waals surface area contributed by atoms with Crippen LogP contribution >= 0.6 is 11.8 Å². The highest BCUT2D eigenvalue weighted by Crippen LogP contribution is 2.32. The van der Waals surface area contributed by atoms with E-state index in [1.165, 1.54) is 5.56 Å². The van der Waals surface area contributed by atoms with Crippen molar-refractivity contribution < 1.29 is 4.79 Å². The molecule has 0 saturated carbocycles. The summed E-state index contributed by atoms with van der Waals surface area (Å²) < 4.78 is 0. The first-order chi connectivity index (χ1) is 6.18. The lowest BCUT2D eigenvalue weighted by Crippen LogP contribution is -2.19. The smallest absolute Gasteiger partial charge is 0.167 e. The van der Waals surface area contributed by atoms with Crippen LogP contribution in [-0.4, -0.2) is 11.5 Å². The van der Waals surface area contributed by atoms with Gasteiger partial charge in [-0.2, -0.15) is 0 Å². The number of aryl methyl sites for hydroxylation is 1. The summed E-state index contributed by atoms with van der Waals surface area (Å²) >= 11 is 1.79. The van der Waals surface area contributed by atoms with Crippen molar-refractivity contribution in [3.05, 3.63) is 29.3 Å². The molecule has 1 heterocycles. The quantitative estimate of drug-likeness (QED) is 0.628. The fourth-order valence-corrected chi connectivity index (χ4v) is 2.58. The minimum absolute atomic E-state index is 0.180. The summed E-state index contributed by atoms with van der Waals surface area (Å²) in [6.07, 6.45) is 0. The number of thioether (sulfide) groups is 1. The minimum atomic E-state index is 0.180. The molecular weight excluding hydrogens is 180 g/mol. The van der Waals surface area contributed by atoms with Gasteiger partial charge in [0.2, 0.25) is 0 Å². The minimum Gasteiger partial charge on any atom is -0.294 e. The second-order valence-electron chi connectivity index (χ2n) is 3.58. The molecule has 0 spiro atoms. The first-order valence-corrected chi connectivity index (χ1v) is 5.44. The Balaban J connectivity index is 2.51. The molecule has 0 unspecified atom stereocenters. The Bertz CT molecular complexity index is 357. The van der Waals surface area contributed by atoms with Gasteiger partial charge in [-0.3, -0.25) is 4.79 Å². The van der Waals surface area contributed by atoms with Crippen LogP contribution in [0.4, 0.5) is 0 Å². The van der Waals surface area contributed by atoms with Crippen LogP contribution in [-0.2, 0) is 0 Å². The van der Waals surface area contributed by atoms with Crippen molar-refractivity contribution in [3.8, 4) is 0 Å². The molecule has 0 fully saturated rings. The van der Waals surface area contributed by atoms with E-state index >= 15 is 0 Å². The van der Waals surface area contributed by atoms with E-state index < -0.39 is 0 Å². The monoisotopic (exact) mass is 192 g/mol. The van der Waals surface area contributed by atoms with Crippen molar-refractivity contribution in [2.24, 2.45) is 5.92 Å². The number of hydrogen-bond donors (Lipinski definition) is 0. The lowest BCUT2D eigenvalue weighted by Gasteiger charge is -2.19. The topological polar surface area (TPSA) is 17.1 Å². The molecule has 1 aromatic rings. The van der Waals surface area contributed by atoms with Gasteiger partial charge < -0.3 is 0 Å². The zero-order valence-electron chi connectivity index (χ0n) is 7.83. The molecule has 2 rings (SSSR count). The Kier molecular flexibility index (Phi) is 2.16. The number of hydrogen-bond acceptors (Lipinski definition) is 2. The van der Waals surface area contributed by atoms with E-state index in [1.54, 1.807) is 11.8 Å². The largest absolute Gasteiger partial charge is 0.294 e. The fourth-order valence-electron chi connectivity index (χ4n) is 1.52. The summed E-state index contributed by atoms with van der Waals surface area (Å²) in [6.45, 7) is 4.03. The third kappa shape index (κ3) is 1.51. The predicted molar refractivity (Wildman–Crippen MR) is 55.4 cm³/mol. The number of fused-ring (bicyclic) bond motifs is 1. The average Bonchev–Trinajstić information content (AvgIpc) is 2.12. The van der Waals surface area contributed by atoms with Gasteiger partial charge in [-0.25, -0.2) is 0 Å². The van der Waals surface area contributed by atoms with Crippen molar-refractivity contribution >= 4 is 17.5 Å². The van der Waals surface area contributed by atoms with Gasteiger partial charge in [0.1, 0.15) is 0 Å². The zero-order valence-corrected chi connectivity index (χ0v) is 8.65. The highest BCUT2D eigenvalue weighted by Gasteiger charge is 2.23. The molecule has 0 aliphatic carbocycles. The van der Waals surface area contributed by atoms with E-state index in [4.69, 9.17) is 0 Å². The summed E-state index contributed by atoms with van der Waals surface area (Å²) in [7, 11) is 0. The Morgan fingerprint density at radius 3 is 3.00 bits per heavy atom. The lowest BCUT2D eigenvalue weighted by atomic mass is 9.99. The molecule has 1 aliphatic rings. The molecule has 0 bridgehead atoms. The highest BCUT2D eigenvalue weighted by molar-refractivity contribution is 7.99. The molecule has 13 heavy (non-hydrogen) atoms. The Hall–Kier alpha value is -0.760. The van der Waals surface area contributed by atoms with Crippen molar-refractivity contribution in [1.29, 1.82) is 0 Å². The fraction of sp³-hybridized carbons (Fsp3) is 0.364. The maximum Gasteiger partial charge on any atom is 0.167 e. The second kappa shape index (κ2) is 3.18. The van der Waals surface area contributed by atoms with Crippen molar-refractivity contribution in [1.82, 2.24) is 0 Å². The molecule has 1 aromatic carbocycles. The van der Waals surface area contributed by atoms with E-state index in [1.807, 2.05) is 19.9 Å². The van der Waals surface area contributed by atoms with Gasteiger partial charge in [0.15, 0.2) is 5.78 Å². The number of rotatable bonds is 0. The van der Waals surface area contributed by atoms with Crippen LogP contribution in [0, 0.1) is 12.8 Å². The van der Waals surface area contributed by atoms with E-state index in [9.17, 15) is 4.79 Å². The molecule has 2 heteroatoms. The summed E-state index contributed by atoms with van der Waals surface area (Å²) in [5.41, 5.74) is 2.09. The van der Waals surface area contributed by atoms with Crippen molar-refractivity contribution in [3.63, 3.8) is 0 Å². The van der Waals surface area contributed by atoms with Gasteiger partial charge in [-0.05, 0) is 19.1 Å². The van der Waals surface area contributed by atoms with Crippen molar-refractivity contribution in [2.45, 2.75) is 18.7 Å². The van der Waals surface area contributed by atoms with Crippen molar-refractivity contribution in [2.75, 3.05) is 5.75 Å². The van der Waals surface area contributed by atoms with Gasteiger partial charge in [0.05, 0.1) is 0 Å². The first kappa shape index (κ1) is 8.82. The Morgan fingerprint density at radius 2 is 2.23 bits per heavy atom. The molecule has 0 amide bonds. The van der Waals surface area contributed by atoms with Crippen LogP contribution in [0.25, 0.3) is 0 Å². The molecule has 0 N–H and O–H groups in total. The summed E-state index contributed by atoms with van der Waals surface area (Å²) in [6, 6.07) is 6.12. The van der Waals surface area contributed by atoms with Crippen LogP contribution in [0.2, 0.25) is 0 Å². The van der Waals surface area contributed by atoms with Crippen LogP contribution in [0.15, 0.2) is 23.1 Å². The van der Waals surface area contributed by atoms with Gasteiger partial charge in [0.25, 0.3) is 0 Å². The molecule has 0 aromatic heterocycles. The number of ketones is 1. The van der Waals surface area contributed by atoms with E-state index in [2.05, 4.69) is 12.1 Å².